The van der Waals surface area contributed by atoms with Crippen LogP contribution in [0.2, 0.25) is 0 Å². The summed E-state index contributed by atoms with van der Waals surface area (Å²) in [5.74, 6) is 0. The van der Waals surface area contributed by atoms with E-state index in [1.807, 2.05) is 0 Å². The Morgan fingerprint density at radius 3 is 2.81 bits per heavy atom. The molecular formula is C31H29N3OS. The van der Waals surface area contributed by atoms with Crippen molar-refractivity contribution in [1.29, 1.82) is 0 Å². The second kappa shape index (κ2) is 8.99. The highest BCUT2D eigenvalue weighted by molar-refractivity contribution is 7.18. The number of thiophene rings is 1. The number of hydrogen-bond acceptors (Lipinski definition) is 4. The van der Waals surface area contributed by atoms with Crippen LogP contribution in [0.25, 0.3) is 21.0 Å². The number of hydrogen-bond donors (Lipinski definition) is 1. The van der Waals surface area contributed by atoms with Crippen molar-refractivity contribution in [3.63, 3.8) is 0 Å². The molecule has 180 valence electrons. The first-order valence-corrected chi connectivity index (χ1v) is 13.9. The molecule has 0 fully saturated rings. The van der Waals surface area contributed by atoms with Gasteiger partial charge in [-0.3, -0.25) is 9.36 Å². The van der Waals surface area contributed by atoms with E-state index < -0.39 is 0 Å². The lowest BCUT2D eigenvalue weighted by atomic mass is 9.86. The maximum absolute atomic E-state index is 13.7. The number of nitrogens with one attached hydrogen (secondary N) is 1. The van der Waals surface area contributed by atoms with Gasteiger partial charge in [0.05, 0.1) is 18.3 Å². The Morgan fingerprint density at radius 2 is 1.83 bits per heavy atom. The van der Waals surface area contributed by atoms with E-state index in [1.165, 1.54) is 51.6 Å². The van der Waals surface area contributed by atoms with Crippen molar-refractivity contribution in [3.8, 4) is 0 Å². The van der Waals surface area contributed by atoms with Crippen molar-refractivity contribution >= 4 is 32.3 Å². The number of aryl methyl sites for hydroxylation is 2. The Hall–Kier alpha value is -3.28. The molecule has 2 aliphatic rings. The number of fused-ring (bicyclic) bond motifs is 5. The van der Waals surface area contributed by atoms with E-state index in [-0.39, 0.29) is 5.56 Å². The lowest BCUT2D eigenvalue weighted by Crippen LogP contribution is -2.38. The van der Waals surface area contributed by atoms with Crippen LogP contribution in [-0.4, -0.2) is 15.6 Å². The second-order valence-corrected chi connectivity index (χ2v) is 11.3. The molecular weight excluding hydrogens is 462 g/mol. The van der Waals surface area contributed by atoms with Gasteiger partial charge >= 0.3 is 0 Å². The molecule has 0 aliphatic heterocycles. The van der Waals surface area contributed by atoms with Crippen LogP contribution < -0.4 is 10.9 Å². The van der Waals surface area contributed by atoms with E-state index >= 15 is 0 Å². The molecule has 2 atom stereocenters. The summed E-state index contributed by atoms with van der Waals surface area (Å²) in [6, 6.07) is 24.4. The predicted molar refractivity (Wildman–Crippen MR) is 148 cm³/mol. The highest BCUT2D eigenvalue weighted by atomic mass is 32.1. The van der Waals surface area contributed by atoms with Gasteiger partial charge in [0.15, 0.2) is 0 Å². The number of rotatable bonds is 4. The summed E-state index contributed by atoms with van der Waals surface area (Å²) in [6.45, 7) is 0.541. The monoisotopic (exact) mass is 491 g/mol. The quantitative estimate of drug-likeness (QED) is 0.326. The lowest BCUT2D eigenvalue weighted by Gasteiger charge is -2.32. The Bertz CT molecular complexity index is 1640. The number of nitrogens with zero attached hydrogens (tertiary/aromatic N) is 2. The highest BCUT2D eigenvalue weighted by Crippen LogP contribution is 2.36. The van der Waals surface area contributed by atoms with Crippen LogP contribution in [-0.2, 0) is 25.8 Å². The van der Waals surface area contributed by atoms with Crippen molar-refractivity contribution in [2.45, 2.75) is 57.2 Å². The van der Waals surface area contributed by atoms with Gasteiger partial charge in [-0.05, 0) is 71.6 Å². The average molecular weight is 492 g/mol. The molecule has 5 heteroatoms. The number of aromatic nitrogens is 2. The molecule has 5 aromatic rings. The molecule has 2 aromatic heterocycles. The van der Waals surface area contributed by atoms with E-state index in [4.69, 9.17) is 4.98 Å². The Kier molecular flexibility index (Phi) is 5.48. The summed E-state index contributed by atoms with van der Waals surface area (Å²) < 4.78 is 1.79. The van der Waals surface area contributed by atoms with Gasteiger partial charge in [0.2, 0.25) is 0 Å². The van der Waals surface area contributed by atoms with Crippen LogP contribution in [0, 0.1) is 0 Å². The average Bonchev–Trinajstić information content (AvgIpc) is 3.29. The Balaban J connectivity index is 1.17. The van der Waals surface area contributed by atoms with Crippen LogP contribution in [0.1, 0.15) is 52.4 Å². The Morgan fingerprint density at radius 1 is 0.972 bits per heavy atom. The van der Waals surface area contributed by atoms with E-state index in [9.17, 15) is 4.79 Å². The molecule has 0 bridgehead atoms. The highest BCUT2D eigenvalue weighted by Gasteiger charge is 2.28. The second-order valence-electron chi connectivity index (χ2n) is 10.2. The number of benzene rings is 3. The van der Waals surface area contributed by atoms with Crippen LogP contribution in [0.3, 0.4) is 0 Å². The summed E-state index contributed by atoms with van der Waals surface area (Å²) in [4.78, 5) is 20.6. The maximum atomic E-state index is 13.7. The van der Waals surface area contributed by atoms with E-state index in [0.29, 0.717) is 18.6 Å². The molecule has 3 aromatic carbocycles. The van der Waals surface area contributed by atoms with Crippen molar-refractivity contribution < 1.29 is 0 Å². The third-order valence-corrected chi connectivity index (χ3v) is 9.23. The van der Waals surface area contributed by atoms with Gasteiger partial charge in [0.1, 0.15) is 4.83 Å². The molecule has 2 heterocycles. The first kappa shape index (κ1) is 22.0. The normalized spacial score (nSPS) is 19.3. The minimum Gasteiger partial charge on any atom is -0.307 e. The smallest absolute Gasteiger partial charge is 0.262 e. The zero-order valence-electron chi connectivity index (χ0n) is 20.2. The van der Waals surface area contributed by atoms with Gasteiger partial charge in [-0.2, -0.15) is 0 Å². The predicted octanol–water partition coefficient (Wildman–Crippen LogP) is 6.18. The van der Waals surface area contributed by atoms with Crippen molar-refractivity contribution in [2.75, 3.05) is 0 Å². The van der Waals surface area contributed by atoms with Gasteiger partial charge in [0, 0.05) is 17.0 Å². The first-order valence-electron chi connectivity index (χ1n) is 13.0. The van der Waals surface area contributed by atoms with Gasteiger partial charge in [0.25, 0.3) is 5.56 Å². The first-order chi connectivity index (χ1) is 17.7. The van der Waals surface area contributed by atoms with Gasteiger partial charge in [-0.1, -0.05) is 66.7 Å². The molecule has 0 saturated heterocycles. The molecule has 0 amide bonds. The van der Waals surface area contributed by atoms with Gasteiger partial charge in [-0.25, -0.2) is 4.98 Å². The SMILES string of the molecule is O=c1c2c3c(sc2ncn1Cc1cccc2ccccc12)CC(NC1CCCc2ccccc21)CC3. The van der Waals surface area contributed by atoms with E-state index in [0.717, 1.165) is 35.0 Å². The molecule has 1 N–H and O–H groups in total. The van der Waals surface area contributed by atoms with Crippen LogP contribution in [0.5, 0.6) is 0 Å². The van der Waals surface area contributed by atoms with Crippen LogP contribution >= 0.6 is 11.3 Å². The standard InChI is InChI=1S/C31H29N3OS/c35-31-29-26-16-15-23(33-27-14-6-10-21-8-2-4-13-25(21)27)17-28(26)36-30(29)32-19-34(31)18-22-11-5-9-20-7-1-3-12-24(20)22/h1-5,7-9,11-13,19,23,27,33H,6,10,14-18H2. The summed E-state index contributed by atoms with van der Waals surface area (Å²) in [7, 11) is 0. The molecule has 2 aliphatic carbocycles. The molecule has 7 rings (SSSR count). The third kappa shape index (κ3) is 3.78. The molecule has 0 radical (unpaired) electrons. The topological polar surface area (TPSA) is 46.9 Å². The van der Waals surface area contributed by atoms with Crippen LogP contribution in [0.15, 0.2) is 77.9 Å². The fraction of sp³-hybridized carbons (Fsp3) is 0.290. The minimum absolute atomic E-state index is 0.0954. The van der Waals surface area contributed by atoms with Crippen molar-refractivity contribution in [3.05, 3.63) is 111 Å². The summed E-state index contributed by atoms with van der Waals surface area (Å²) in [5, 5.41) is 7.21. The van der Waals surface area contributed by atoms with Crippen molar-refractivity contribution in [1.82, 2.24) is 14.9 Å². The van der Waals surface area contributed by atoms with Crippen molar-refractivity contribution in [2.24, 2.45) is 0 Å². The summed E-state index contributed by atoms with van der Waals surface area (Å²) >= 11 is 1.72. The van der Waals surface area contributed by atoms with E-state index in [2.05, 4.69) is 72.0 Å². The molecule has 2 unspecified atom stereocenters. The van der Waals surface area contributed by atoms with Gasteiger partial charge in [-0.15, -0.1) is 11.3 Å². The molecule has 4 nitrogen and oxygen atoms in total. The molecule has 0 spiro atoms. The molecule has 36 heavy (non-hydrogen) atoms. The van der Waals surface area contributed by atoms with Crippen LogP contribution in [0.4, 0.5) is 0 Å². The third-order valence-electron chi connectivity index (χ3n) is 8.06. The lowest BCUT2D eigenvalue weighted by molar-refractivity contribution is 0.370. The van der Waals surface area contributed by atoms with Gasteiger partial charge < -0.3 is 5.32 Å². The fourth-order valence-electron chi connectivity index (χ4n) is 6.28. The minimum atomic E-state index is 0.0954. The zero-order valence-corrected chi connectivity index (χ0v) is 21.1. The largest absolute Gasteiger partial charge is 0.307 e. The summed E-state index contributed by atoms with van der Waals surface area (Å²) in [5.41, 5.74) is 5.46. The maximum Gasteiger partial charge on any atom is 0.262 e. The zero-order chi connectivity index (χ0) is 24.1. The fourth-order valence-corrected chi connectivity index (χ4v) is 7.54. The van der Waals surface area contributed by atoms with E-state index in [1.54, 1.807) is 22.2 Å². The molecule has 0 saturated carbocycles. The Labute approximate surface area is 214 Å². The summed E-state index contributed by atoms with van der Waals surface area (Å²) in [6.07, 6.45) is 8.37.